The molecule has 1 saturated carbocycles. The molecule has 1 heterocycles. The molecule has 1 aromatic rings. The van der Waals surface area contributed by atoms with Gasteiger partial charge in [-0.2, -0.15) is 4.98 Å². The van der Waals surface area contributed by atoms with E-state index >= 15 is 0 Å². The second-order valence-corrected chi connectivity index (χ2v) is 5.71. The molecular weight excluding hydrogens is 244 g/mol. The van der Waals surface area contributed by atoms with Crippen LogP contribution in [0.2, 0.25) is 0 Å². The van der Waals surface area contributed by atoms with Gasteiger partial charge in [0.25, 0.3) is 0 Å². The van der Waals surface area contributed by atoms with Crippen LogP contribution in [-0.4, -0.2) is 37.1 Å². The fraction of sp³-hybridized carbons (Fsp3) is 0.615. The van der Waals surface area contributed by atoms with Crippen molar-refractivity contribution >= 4 is 17.4 Å². The second-order valence-electron chi connectivity index (χ2n) is 5.71. The molecule has 1 amide bonds. The number of rotatable bonds is 4. The van der Waals surface area contributed by atoms with E-state index in [1.807, 2.05) is 19.0 Å². The third-order valence-corrected chi connectivity index (χ3v) is 3.49. The average Bonchev–Trinajstić information content (AvgIpc) is 2.98. The Balaban J connectivity index is 2.26. The Morgan fingerprint density at radius 3 is 2.58 bits per heavy atom. The quantitative estimate of drug-likeness (QED) is 0.893. The van der Waals surface area contributed by atoms with Crippen LogP contribution in [0.1, 0.15) is 20.3 Å². The molecule has 6 nitrogen and oxygen atoms in total. The van der Waals surface area contributed by atoms with Gasteiger partial charge in [0.05, 0.1) is 7.11 Å². The van der Waals surface area contributed by atoms with E-state index in [1.165, 1.54) is 13.4 Å². The third-order valence-electron chi connectivity index (χ3n) is 3.49. The van der Waals surface area contributed by atoms with Gasteiger partial charge in [0.1, 0.15) is 12.0 Å². The lowest BCUT2D eigenvalue weighted by molar-refractivity contribution is -0.118. The van der Waals surface area contributed by atoms with E-state index in [0.717, 1.165) is 6.42 Å². The van der Waals surface area contributed by atoms with Gasteiger partial charge in [0.15, 0.2) is 5.82 Å². The minimum atomic E-state index is 0.00111. The number of ether oxygens (including phenoxy) is 1. The highest BCUT2D eigenvalue weighted by Crippen LogP contribution is 2.52. The van der Waals surface area contributed by atoms with Crippen LogP contribution in [0.15, 0.2) is 6.33 Å². The molecule has 1 aliphatic carbocycles. The maximum absolute atomic E-state index is 12.2. The summed E-state index contributed by atoms with van der Waals surface area (Å²) in [5.41, 5.74) is 0.619. The van der Waals surface area contributed by atoms with Crippen LogP contribution in [0, 0.1) is 11.3 Å². The Morgan fingerprint density at radius 1 is 1.47 bits per heavy atom. The van der Waals surface area contributed by atoms with Gasteiger partial charge in [0.2, 0.25) is 11.8 Å². The number of nitrogens with one attached hydrogen (secondary N) is 1. The summed E-state index contributed by atoms with van der Waals surface area (Å²) in [4.78, 5) is 22.2. The molecule has 104 valence electrons. The normalized spacial score (nSPS) is 19.7. The first-order valence-corrected chi connectivity index (χ1v) is 6.24. The van der Waals surface area contributed by atoms with Crippen LogP contribution >= 0.6 is 0 Å². The van der Waals surface area contributed by atoms with Crippen molar-refractivity contribution in [2.75, 3.05) is 31.4 Å². The molecule has 0 saturated heterocycles. The number of amides is 1. The second kappa shape index (κ2) is 4.68. The highest BCUT2D eigenvalue weighted by molar-refractivity contribution is 5.98. The largest absolute Gasteiger partial charge is 0.479 e. The molecule has 0 aromatic carbocycles. The molecule has 6 heteroatoms. The first-order valence-electron chi connectivity index (χ1n) is 6.24. The smallest absolute Gasteiger partial charge is 0.242 e. The molecule has 2 rings (SSSR count). The summed E-state index contributed by atoms with van der Waals surface area (Å²) >= 11 is 0. The number of hydrogen-bond donors (Lipinski definition) is 1. The Kier molecular flexibility index (Phi) is 3.34. The third kappa shape index (κ3) is 2.62. The standard InChI is InChI=1S/C13H20N4O2/c1-13(2)6-8(13)11(18)16-9-10(17(3)4)14-7-15-12(9)19-5/h7-8H,6H2,1-5H3,(H,16,18)/t8-/m1/s1. The number of methoxy groups -OCH3 is 1. The van der Waals surface area contributed by atoms with Crippen molar-refractivity contribution in [1.29, 1.82) is 0 Å². The van der Waals surface area contributed by atoms with Gasteiger partial charge in [-0.3, -0.25) is 4.79 Å². The van der Waals surface area contributed by atoms with Crippen molar-refractivity contribution in [2.45, 2.75) is 20.3 Å². The van der Waals surface area contributed by atoms with Gasteiger partial charge in [-0.25, -0.2) is 4.98 Å². The summed E-state index contributed by atoms with van der Waals surface area (Å²) in [5.74, 6) is 1.07. The Labute approximate surface area is 113 Å². The molecule has 0 unspecified atom stereocenters. The molecule has 1 N–H and O–H groups in total. The van der Waals surface area contributed by atoms with Gasteiger partial charge in [-0.1, -0.05) is 13.8 Å². The zero-order valence-electron chi connectivity index (χ0n) is 12.0. The molecule has 1 fully saturated rings. The zero-order valence-corrected chi connectivity index (χ0v) is 12.0. The van der Waals surface area contributed by atoms with Gasteiger partial charge in [0, 0.05) is 20.0 Å². The molecule has 0 spiro atoms. The van der Waals surface area contributed by atoms with E-state index in [-0.39, 0.29) is 17.2 Å². The van der Waals surface area contributed by atoms with Crippen LogP contribution < -0.4 is 15.0 Å². The van der Waals surface area contributed by atoms with Gasteiger partial charge in [-0.05, 0) is 11.8 Å². The van der Waals surface area contributed by atoms with Crippen LogP contribution in [0.4, 0.5) is 11.5 Å². The summed E-state index contributed by atoms with van der Waals surface area (Å²) in [7, 11) is 5.25. The van der Waals surface area contributed by atoms with E-state index < -0.39 is 0 Å². The van der Waals surface area contributed by atoms with E-state index in [4.69, 9.17) is 4.74 Å². The Bertz CT molecular complexity index is 499. The molecule has 0 aliphatic heterocycles. The summed E-state index contributed by atoms with van der Waals surface area (Å²) < 4.78 is 5.20. The minimum absolute atomic E-state index is 0.00111. The predicted molar refractivity (Wildman–Crippen MR) is 73.4 cm³/mol. The van der Waals surface area contributed by atoms with Crippen molar-refractivity contribution in [3.63, 3.8) is 0 Å². The van der Waals surface area contributed by atoms with Crippen molar-refractivity contribution in [3.8, 4) is 5.88 Å². The van der Waals surface area contributed by atoms with E-state index in [2.05, 4.69) is 29.1 Å². The molecule has 1 atom stereocenters. The fourth-order valence-electron chi connectivity index (χ4n) is 2.09. The lowest BCUT2D eigenvalue weighted by Crippen LogP contribution is -2.21. The summed E-state index contributed by atoms with van der Waals surface area (Å²) in [6.07, 6.45) is 2.33. The zero-order chi connectivity index (χ0) is 14.2. The maximum atomic E-state index is 12.2. The topological polar surface area (TPSA) is 67.4 Å². The Hall–Kier alpha value is -1.85. The monoisotopic (exact) mass is 264 g/mol. The fourth-order valence-corrected chi connectivity index (χ4v) is 2.09. The lowest BCUT2D eigenvalue weighted by Gasteiger charge is -2.18. The maximum Gasteiger partial charge on any atom is 0.242 e. The van der Waals surface area contributed by atoms with Gasteiger partial charge < -0.3 is 15.0 Å². The first kappa shape index (κ1) is 13.6. The van der Waals surface area contributed by atoms with Crippen molar-refractivity contribution in [2.24, 2.45) is 11.3 Å². The minimum Gasteiger partial charge on any atom is -0.479 e. The number of carbonyl (C=O) groups excluding carboxylic acids is 1. The molecule has 1 aliphatic rings. The number of aromatic nitrogens is 2. The number of nitrogens with zero attached hydrogens (tertiary/aromatic N) is 3. The van der Waals surface area contributed by atoms with E-state index in [9.17, 15) is 4.79 Å². The van der Waals surface area contributed by atoms with Gasteiger partial charge in [-0.15, -0.1) is 0 Å². The van der Waals surface area contributed by atoms with E-state index in [1.54, 1.807) is 0 Å². The number of hydrogen-bond acceptors (Lipinski definition) is 5. The van der Waals surface area contributed by atoms with Crippen LogP contribution in [-0.2, 0) is 4.79 Å². The highest BCUT2D eigenvalue weighted by atomic mass is 16.5. The van der Waals surface area contributed by atoms with E-state index in [0.29, 0.717) is 17.4 Å². The molecule has 19 heavy (non-hydrogen) atoms. The highest BCUT2D eigenvalue weighted by Gasteiger charge is 2.50. The number of anilines is 2. The van der Waals surface area contributed by atoms with Crippen molar-refractivity contribution < 1.29 is 9.53 Å². The Morgan fingerprint density at radius 2 is 2.11 bits per heavy atom. The van der Waals surface area contributed by atoms with Gasteiger partial charge >= 0.3 is 0 Å². The molecule has 0 radical (unpaired) electrons. The summed E-state index contributed by atoms with van der Waals surface area (Å²) in [6.45, 7) is 4.17. The summed E-state index contributed by atoms with van der Waals surface area (Å²) in [5, 5.41) is 2.90. The van der Waals surface area contributed by atoms with Crippen LogP contribution in [0.25, 0.3) is 0 Å². The first-order chi connectivity index (χ1) is 8.86. The predicted octanol–water partition coefficient (Wildman–Crippen LogP) is 1.54. The number of carbonyl (C=O) groups is 1. The van der Waals surface area contributed by atoms with Crippen molar-refractivity contribution in [3.05, 3.63) is 6.33 Å². The lowest BCUT2D eigenvalue weighted by atomic mass is 10.1. The van der Waals surface area contributed by atoms with Crippen LogP contribution in [0.3, 0.4) is 0 Å². The molecule has 1 aromatic heterocycles. The molecular formula is C13H20N4O2. The molecule has 0 bridgehead atoms. The van der Waals surface area contributed by atoms with Crippen molar-refractivity contribution in [1.82, 2.24) is 9.97 Å². The van der Waals surface area contributed by atoms with Crippen LogP contribution in [0.5, 0.6) is 5.88 Å². The average molecular weight is 264 g/mol. The summed E-state index contributed by atoms with van der Waals surface area (Å²) in [6, 6.07) is 0. The SMILES string of the molecule is COc1ncnc(N(C)C)c1NC(=O)[C@H]1CC1(C)C.